The highest BCUT2D eigenvalue weighted by molar-refractivity contribution is 5.89. The maximum Gasteiger partial charge on any atom is 0.321 e. The van der Waals surface area contributed by atoms with Gasteiger partial charge in [-0.1, -0.05) is 43.7 Å². The number of hydrogen-bond acceptors (Lipinski definition) is 2. The second kappa shape index (κ2) is 7.75. The fraction of sp³-hybridized carbons (Fsp3) is 0.545. The van der Waals surface area contributed by atoms with Gasteiger partial charge in [-0.3, -0.25) is 4.79 Å². The van der Waals surface area contributed by atoms with Gasteiger partial charge in [-0.25, -0.2) is 4.79 Å². The Hall–Kier alpha value is -2.30. The first-order chi connectivity index (χ1) is 12.8. The van der Waals surface area contributed by atoms with Crippen LogP contribution < -0.4 is 10.6 Å². The van der Waals surface area contributed by atoms with E-state index in [1.54, 1.807) is 0 Å². The summed E-state index contributed by atoms with van der Waals surface area (Å²) in [6.07, 6.45) is 3.82. The average Bonchev–Trinajstić information content (AvgIpc) is 3.15. The molecule has 5 heteroatoms. The SMILES string of the molecule is CC(C)=C[C@H]1[C@@H](C(=O)NC2CCN(C(=O)Nc3ccccc3)CC2)C1(C)C. The number of carbonyl (C=O) groups excluding carboxylic acids is 2. The monoisotopic (exact) mass is 369 g/mol. The molecule has 5 nitrogen and oxygen atoms in total. The molecule has 3 amide bonds. The number of nitrogens with zero attached hydrogens (tertiary/aromatic N) is 1. The Morgan fingerprint density at radius 3 is 2.33 bits per heavy atom. The number of amides is 3. The summed E-state index contributed by atoms with van der Waals surface area (Å²) in [4.78, 5) is 26.9. The first-order valence-electron chi connectivity index (χ1n) is 9.85. The maximum atomic E-state index is 12.7. The summed E-state index contributed by atoms with van der Waals surface area (Å²) in [7, 11) is 0. The van der Waals surface area contributed by atoms with Gasteiger partial charge < -0.3 is 15.5 Å². The lowest BCUT2D eigenvalue weighted by Crippen LogP contribution is -2.48. The molecule has 27 heavy (non-hydrogen) atoms. The van der Waals surface area contributed by atoms with Crippen molar-refractivity contribution in [2.45, 2.75) is 46.6 Å². The van der Waals surface area contributed by atoms with Gasteiger partial charge in [0.25, 0.3) is 0 Å². The molecule has 1 saturated carbocycles. The molecule has 1 saturated heterocycles. The minimum Gasteiger partial charge on any atom is -0.353 e. The second-order valence-corrected chi connectivity index (χ2v) is 8.63. The van der Waals surface area contributed by atoms with E-state index < -0.39 is 0 Å². The number of rotatable bonds is 4. The zero-order valence-corrected chi connectivity index (χ0v) is 16.8. The van der Waals surface area contributed by atoms with Gasteiger partial charge in [-0.2, -0.15) is 0 Å². The molecule has 0 bridgehead atoms. The number of benzene rings is 1. The topological polar surface area (TPSA) is 61.4 Å². The lowest BCUT2D eigenvalue weighted by Gasteiger charge is -2.32. The van der Waals surface area contributed by atoms with Crippen LogP contribution in [0.25, 0.3) is 0 Å². The molecular weight excluding hydrogens is 338 g/mol. The summed E-state index contributed by atoms with van der Waals surface area (Å²) in [5, 5.41) is 6.15. The van der Waals surface area contributed by atoms with Crippen LogP contribution in [-0.2, 0) is 4.79 Å². The highest BCUT2D eigenvalue weighted by atomic mass is 16.2. The molecule has 2 aliphatic rings. The van der Waals surface area contributed by atoms with E-state index in [-0.39, 0.29) is 29.3 Å². The molecule has 2 N–H and O–H groups in total. The van der Waals surface area contributed by atoms with Gasteiger partial charge in [-0.15, -0.1) is 0 Å². The number of carbonyl (C=O) groups is 2. The van der Waals surface area contributed by atoms with Crippen molar-refractivity contribution >= 4 is 17.6 Å². The predicted octanol–water partition coefficient (Wildman–Crippen LogP) is 4.04. The molecule has 1 aliphatic heterocycles. The molecule has 0 spiro atoms. The van der Waals surface area contributed by atoms with Gasteiger partial charge >= 0.3 is 6.03 Å². The van der Waals surface area contributed by atoms with Crippen molar-refractivity contribution < 1.29 is 9.59 Å². The Labute approximate surface area is 162 Å². The second-order valence-electron chi connectivity index (χ2n) is 8.63. The highest BCUT2D eigenvalue weighted by Gasteiger charge is 2.60. The third-order valence-corrected chi connectivity index (χ3v) is 5.86. The summed E-state index contributed by atoms with van der Waals surface area (Å²) in [6, 6.07) is 9.57. The molecule has 0 unspecified atom stereocenters. The van der Waals surface area contributed by atoms with Gasteiger partial charge in [0.1, 0.15) is 0 Å². The number of hydrogen-bond donors (Lipinski definition) is 2. The predicted molar refractivity (Wildman–Crippen MR) is 108 cm³/mol. The van der Waals surface area contributed by atoms with E-state index in [0.717, 1.165) is 18.5 Å². The Kier molecular flexibility index (Phi) is 5.59. The van der Waals surface area contributed by atoms with Crippen LogP contribution >= 0.6 is 0 Å². The minimum atomic E-state index is -0.0714. The number of anilines is 1. The third-order valence-electron chi connectivity index (χ3n) is 5.86. The molecule has 0 aromatic heterocycles. The summed E-state index contributed by atoms with van der Waals surface area (Å²) < 4.78 is 0. The van der Waals surface area contributed by atoms with E-state index in [0.29, 0.717) is 19.0 Å². The molecule has 1 aromatic rings. The van der Waals surface area contributed by atoms with Crippen molar-refractivity contribution in [1.82, 2.24) is 10.2 Å². The lowest BCUT2D eigenvalue weighted by atomic mass is 10.0. The van der Waals surface area contributed by atoms with Gasteiger partial charge in [0, 0.05) is 24.8 Å². The van der Waals surface area contributed by atoms with Crippen molar-refractivity contribution in [3.05, 3.63) is 42.0 Å². The zero-order chi connectivity index (χ0) is 19.6. The van der Waals surface area contributed by atoms with E-state index in [9.17, 15) is 9.59 Å². The van der Waals surface area contributed by atoms with Gasteiger partial charge in [0.05, 0.1) is 5.92 Å². The molecule has 2 fully saturated rings. The number of urea groups is 1. The molecular formula is C22H31N3O2. The summed E-state index contributed by atoms with van der Waals surface area (Å²) in [5.41, 5.74) is 2.11. The summed E-state index contributed by atoms with van der Waals surface area (Å²) in [5.74, 6) is 0.556. The smallest absolute Gasteiger partial charge is 0.321 e. The molecule has 2 atom stereocenters. The summed E-state index contributed by atoms with van der Waals surface area (Å²) in [6.45, 7) is 9.82. The normalized spacial score (nSPS) is 24.1. The molecule has 146 valence electrons. The summed E-state index contributed by atoms with van der Waals surface area (Å²) >= 11 is 0. The van der Waals surface area contributed by atoms with E-state index >= 15 is 0 Å². The van der Waals surface area contributed by atoms with Crippen molar-refractivity contribution in [2.24, 2.45) is 17.3 Å². The van der Waals surface area contributed by atoms with Crippen LogP contribution in [0.3, 0.4) is 0 Å². The van der Waals surface area contributed by atoms with Crippen molar-refractivity contribution in [3.8, 4) is 0 Å². The van der Waals surface area contributed by atoms with E-state index in [1.165, 1.54) is 5.57 Å². The van der Waals surface area contributed by atoms with Crippen molar-refractivity contribution in [2.75, 3.05) is 18.4 Å². The molecule has 1 aliphatic carbocycles. The zero-order valence-electron chi connectivity index (χ0n) is 16.8. The van der Waals surface area contributed by atoms with Crippen LogP contribution in [-0.4, -0.2) is 36.0 Å². The van der Waals surface area contributed by atoms with Crippen LogP contribution in [0.15, 0.2) is 42.0 Å². The van der Waals surface area contributed by atoms with Gasteiger partial charge in [0.15, 0.2) is 0 Å². The van der Waals surface area contributed by atoms with Gasteiger partial charge in [0.2, 0.25) is 5.91 Å². The molecule has 3 rings (SSSR count). The highest BCUT2D eigenvalue weighted by Crippen LogP contribution is 2.59. The first kappa shape index (κ1) is 19.5. The Bertz CT molecular complexity index is 714. The molecule has 1 aromatic carbocycles. The fourth-order valence-corrected chi connectivity index (χ4v) is 4.09. The molecule has 0 radical (unpaired) electrons. The van der Waals surface area contributed by atoms with Gasteiger partial charge in [-0.05, 0) is 50.2 Å². The van der Waals surface area contributed by atoms with E-state index in [4.69, 9.17) is 0 Å². The number of piperidine rings is 1. The van der Waals surface area contributed by atoms with E-state index in [1.807, 2.05) is 35.2 Å². The third kappa shape index (κ3) is 4.52. The number of para-hydroxylation sites is 1. The number of allylic oxidation sites excluding steroid dienone is 2. The van der Waals surface area contributed by atoms with Crippen LogP contribution in [0.2, 0.25) is 0 Å². The van der Waals surface area contributed by atoms with E-state index in [2.05, 4.69) is 44.4 Å². The quantitative estimate of drug-likeness (QED) is 0.787. The maximum absolute atomic E-state index is 12.7. The molecule has 1 heterocycles. The largest absolute Gasteiger partial charge is 0.353 e. The standard InChI is InChI=1S/C22H31N3O2/c1-15(2)14-18-19(22(18,3)4)20(26)23-17-10-12-25(13-11-17)21(27)24-16-8-6-5-7-9-16/h5-9,14,17-19H,10-13H2,1-4H3,(H,23,26)(H,24,27)/t18-,19-/m0/s1. The average molecular weight is 370 g/mol. The van der Waals surface area contributed by atoms with Crippen LogP contribution in [0.1, 0.15) is 40.5 Å². The minimum absolute atomic E-state index is 0.0393. The Balaban J connectivity index is 1.46. The lowest BCUT2D eigenvalue weighted by molar-refractivity contribution is -0.124. The first-order valence-corrected chi connectivity index (χ1v) is 9.85. The number of nitrogens with one attached hydrogen (secondary N) is 2. The van der Waals surface area contributed by atoms with Crippen LogP contribution in [0.4, 0.5) is 10.5 Å². The Morgan fingerprint density at radius 1 is 1.11 bits per heavy atom. The Morgan fingerprint density at radius 2 is 1.74 bits per heavy atom. The number of likely N-dealkylation sites (tertiary alicyclic amines) is 1. The van der Waals surface area contributed by atoms with Crippen LogP contribution in [0.5, 0.6) is 0 Å². The van der Waals surface area contributed by atoms with Crippen molar-refractivity contribution in [3.63, 3.8) is 0 Å². The fourth-order valence-electron chi connectivity index (χ4n) is 4.09. The van der Waals surface area contributed by atoms with Crippen molar-refractivity contribution in [1.29, 1.82) is 0 Å². The van der Waals surface area contributed by atoms with Crippen LogP contribution in [0, 0.1) is 17.3 Å².